The third-order valence-electron chi connectivity index (χ3n) is 4.83. The van der Waals surface area contributed by atoms with E-state index in [1.165, 1.54) is 26.9 Å². The summed E-state index contributed by atoms with van der Waals surface area (Å²) in [7, 11) is 3.37. The second-order valence-electron chi connectivity index (χ2n) is 7.53. The lowest BCUT2D eigenvalue weighted by Crippen LogP contribution is -2.52. The summed E-state index contributed by atoms with van der Waals surface area (Å²) in [5.41, 5.74) is 1.93. The maximum atomic E-state index is 13.6. The molecule has 0 spiro atoms. The van der Waals surface area contributed by atoms with Crippen LogP contribution in [0.25, 0.3) is 5.69 Å². The first-order valence-corrected chi connectivity index (χ1v) is 10.4. The van der Waals surface area contributed by atoms with Crippen molar-refractivity contribution >= 4 is 17.4 Å². The molecule has 0 unspecified atom stereocenters. The topological polar surface area (TPSA) is 73.9 Å². The molecular weight excluding hydrogens is 466 g/mol. The molecular formula is C20H19F4N5O3S. The monoisotopic (exact) mass is 485 g/mol. The fraction of sp³-hybridized carbons (Fsp3) is 0.350. The summed E-state index contributed by atoms with van der Waals surface area (Å²) in [6.45, 7) is 3.91. The number of thiazole rings is 1. The molecule has 1 aliphatic heterocycles. The summed E-state index contributed by atoms with van der Waals surface area (Å²) in [5.74, 6) is -1.08. The number of hydrogen-bond donors (Lipinski definition) is 0. The van der Waals surface area contributed by atoms with E-state index in [2.05, 4.69) is 19.6 Å². The van der Waals surface area contributed by atoms with E-state index >= 15 is 0 Å². The molecule has 4 rings (SSSR count). The van der Waals surface area contributed by atoms with Crippen LogP contribution in [0.2, 0.25) is 0 Å². The van der Waals surface area contributed by atoms with Gasteiger partial charge in [0.25, 0.3) is 0 Å². The molecule has 0 saturated heterocycles. The highest BCUT2D eigenvalue weighted by Gasteiger charge is 2.65. The van der Waals surface area contributed by atoms with Crippen molar-refractivity contribution in [2.75, 3.05) is 7.05 Å². The summed E-state index contributed by atoms with van der Waals surface area (Å²) in [6, 6.07) is 3.06. The van der Waals surface area contributed by atoms with Crippen LogP contribution in [0.15, 0.2) is 35.6 Å². The first-order chi connectivity index (χ1) is 15.4. The summed E-state index contributed by atoms with van der Waals surface area (Å²) in [4.78, 5) is 19.3. The maximum Gasteiger partial charge on any atom is 0.507 e. The van der Waals surface area contributed by atoms with Crippen molar-refractivity contribution in [1.29, 1.82) is 0 Å². The Labute approximate surface area is 189 Å². The SMILES string of the molecule is Cc1cn(-c2ccc3c(c2)OC(F)(F)C(F)(F)O3)c(=NC(=O)N(C)Cc2cn(C)nc2C)s1. The highest BCUT2D eigenvalue weighted by molar-refractivity contribution is 7.09. The summed E-state index contributed by atoms with van der Waals surface area (Å²) in [5, 5.41) is 4.24. The summed E-state index contributed by atoms with van der Waals surface area (Å²) >= 11 is 1.20. The molecule has 33 heavy (non-hydrogen) atoms. The minimum Gasteiger partial charge on any atom is -0.421 e. The van der Waals surface area contributed by atoms with Gasteiger partial charge in [-0.1, -0.05) is 0 Å². The highest BCUT2D eigenvalue weighted by atomic mass is 32.1. The van der Waals surface area contributed by atoms with Gasteiger partial charge in [0.15, 0.2) is 16.3 Å². The van der Waals surface area contributed by atoms with Crippen LogP contribution in [-0.2, 0) is 13.6 Å². The Morgan fingerprint density at radius 3 is 2.45 bits per heavy atom. The third kappa shape index (κ3) is 4.32. The highest BCUT2D eigenvalue weighted by Crippen LogP contribution is 2.47. The van der Waals surface area contributed by atoms with Crippen LogP contribution in [0.1, 0.15) is 16.1 Å². The minimum absolute atomic E-state index is 0.265. The van der Waals surface area contributed by atoms with Gasteiger partial charge in [-0.2, -0.15) is 27.7 Å². The molecule has 0 N–H and O–H groups in total. The van der Waals surface area contributed by atoms with Gasteiger partial charge in [0.1, 0.15) is 0 Å². The first kappa shape index (κ1) is 22.8. The van der Waals surface area contributed by atoms with Crippen molar-refractivity contribution in [1.82, 2.24) is 19.2 Å². The van der Waals surface area contributed by atoms with E-state index in [4.69, 9.17) is 0 Å². The van der Waals surface area contributed by atoms with Gasteiger partial charge in [0, 0.05) is 43.0 Å². The predicted molar refractivity (Wildman–Crippen MR) is 110 cm³/mol. The van der Waals surface area contributed by atoms with E-state index in [0.717, 1.165) is 28.3 Å². The van der Waals surface area contributed by atoms with Gasteiger partial charge in [0.05, 0.1) is 17.9 Å². The number of amides is 2. The Morgan fingerprint density at radius 2 is 1.82 bits per heavy atom. The van der Waals surface area contributed by atoms with Gasteiger partial charge in [-0.25, -0.2) is 4.79 Å². The quantitative estimate of drug-likeness (QED) is 0.526. The van der Waals surface area contributed by atoms with Crippen LogP contribution >= 0.6 is 11.3 Å². The number of nitrogens with zero attached hydrogens (tertiary/aromatic N) is 5. The fourth-order valence-electron chi connectivity index (χ4n) is 3.22. The van der Waals surface area contributed by atoms with Crippen LogP contribution in [0.3, 0.4) is 0 Å². The number of fused-ring (bicyclic) bond motifs is 1. The molecule has 8 nitrogen and oxygen atoms in total. The Hall–Kier alpha value is -3.35. The molecule has 13 heteroatoms. The third-order valence-corrected chi connectivity index (χ3v) is 5.73. The van der Waals surface area contributed by atoms with E-state index in [9.17, 15) is 22.4 Å². The van der Waals surface area contributed by atoms with Gasteiger partial charge >= 0.3 is 18.2 Å². The Morgan fingerprint density at radius 1 is 1.15 bits per heavy atom. The van der Waals surface area contributed by atoms with Crippen molar-refractivity contribution < 1.29 is 31.8 Å². The van der Waals surface area contributed by atoms with E-state index in [1.54, 1.807) is 31.9 Å². The van der Waals surface area contributed by atoms with Crippen LogP contribution < -0.4 is 14.3 Å². The lowest BCUT2D eigenvalue weighted by molar-refractivity contribution is -0.391. The molecule has 1 aliphatic rings. The van der Waals surface area contributed by atoms with Crippen molar-refractivity contribution in [3.8, 4) is 17.2 Å². The summed E-state index contributed by atoms with van der Waals surface area (Å²) < 4.78 is 65.4. The minimum atomic E-state index is -4.83. The largest absolute Gasteiger partial charge is 0.507 e. The van der Waals surface area contributed by atoms with Gasteiger partial charge in [-0.05, 0) is 26.0 Å². The zero-order valence-corrected chi connectivity index (χ0v) is 18.8. The normalized spacial score (nSPS) is 16.7. The van der Waals surface area contributed by atoms with E-state index in [0.29, 0.717) is 6.54 Å². The molecule has 3 aromatic rings. The molecule has 0 bridgehead atoms. The Bertz CT molecular complexity index is 1300. The number of ether oxygens (including phenoxy) is 2. The number of aryl methyl sites for hydroxylation is 3. The molecule has 0 atom stereocenters. The number of alkyl halides is 4. The Balaban J connectivity index is 1.65. The second kappa shape index (κ2) is 7.90. The van der Waals surface area contributed by atoms with Crippen LogP contribution in [-0.4, -0.2) is 44.5 Å². The zero-order valence-electron chi connectivity index (χ0n) is 18.0. The van der Waals surface area contributed by atoms with Crippen LogP contribution in [0.4, 0.5) is 22.4 Å². The first-order valence-electron chi connectivity index (χ1n) is 9.62. The lowest BCUT2D eigenvalue weighted by atomic mass is 10.2. The molecule has 0 saturated carbocycles. The number of rotatable bonds is 3. The van der Waals surface area contributed by atoms with Gasteiger partial charge in [-0.3, -0.25) is 9.25 Å². The van der Waals surface area contributed by atoms with Crippen LogP contribution in [0, 0.1) is 13.8 Å². The van der Waals surface area contributed by atoms with Crippen molar-refractivity contribution in [3.63, 3.8) is 0 Å². The molecule has 176 valence electrons. The molecule has 1 aromatic carbocycles. The standard InChI is InChI=1S/C20H19F4N5O3S/c1-11-8-29(14-5-6-15-16(7-14)32-20(23,24)19(21,22)31-15)18(33-11)25-17(30)27(3)9-13-10-28(4)26-12(13)2/h5-8,10H,9H2,1-4H3. The number of aromatic nitrogens is 3. The van der Waals surface area contributed by atoms with Crippen molar-refractivity contribution in [2.45, 2.75) is 32.6 Å². The van der Waals surface area contributed by atoms with Gasteiger partial charge in [0.2, 0.25) is 0 Å². The molecule has 2 amide bonds. The van der Waals surface area contributed by atoms with Crippen LogP contribution in [0.5, 0.6) is 11.5 Å². The second-order valence-corrected chi connectivity index (χ2v) is 8.74. The average molecular weight is 485 g/mol. The number of carbonyl (C=O) groups excluding carboxylic acids is 1. The summed E-state index contributed by atoms with van der Waals surface area (Å²) in [6.07, 6.45) is -6.18. The number of hydrogen-bond acceptors (Lipinski definition) is 5. The smallest absolute Gasteiger partial charge is 0.421 e. The van der Waals surface area contributed by atoms with Crippen molar-refractivity contribution in [3.05, 3.63) is 51.5 Å². The zero-order chi connectivity index (χ0) is 24.1. The Kier molecular flexibility index (Phi) is 5.47. The van der Waals surface area contributed by atoms with E-state index in [-0.39, 0.29) is 10.5 Å². The molecule has 0 aliphatic carbocycles. The van der Waals surface area contributed by atoms with Gasteiger partial charge < -0.3 is 14.4 Å². The molecule has 0 radical (unpaired) electrons. The van der Waals surface area contributed by atoms with Crippen molar-refractivity contribution in [2.24, 2.45) is 12.0 Å². The lowest BCUT2D eigenvalue weighted by Gasteiger charge is -2.31. The average Bonchev–Trinajstić information content (AvgIpc) is 3.22. The van der Waals surface area contributed by atoms with E-state index in [1.807, 2.05) is 13.1 Å². The molecule has 2 aromatic heterocycles. The number of halogens is 4. The maximum absolute atomic E-state index is 13.6. The molecule has 3 heterocycles. The van der Waals surface area contributed by atoms with E-state index < -0.39 is 29.7 Å². The predicted octanol–water partition coefficient (Wildman–Crippen LogP) is 4.00. The van der Waals surface area contributed by atoms with Gasteiger partial charge in [-0.15, -0.1) is 11.3 Å². The molecule has 0 fully saturated rings. The number of benzene rings is 1. The number of carbonyl (C=O) groups is 1. The fourth-order valence-corrected chi connectivity index (χ4v) is 4.04. The number of urea groups is 1.